The summed E-state index contributed by atoms with van der Waals surface area (Å²) in [4.78, 5) is 0. The number of benzene rings is 5. The van der Waals surface area contributed by atoms with Gasteiger partial charge in [-0.25, -0.2) is 0 Å². The lowest BCUT2D eigenvalue weighted by atomic mass is 9.79. The van der Waals surface area contributed by atoms with E-state index >= 15 is 0 Å². The van der Waals surface area contributed by atoms with E-state index in [1.165, 1.54) is 130 Å². The standard InChI is InChI=1S/C28H28.C18H26.C14H13N/c1-8-21-22(9-2)27-23-11-10-17(3)15-25(23)28(6,7)26(27)16-24(21)20-13-18(4)12-19(5)14-20;1-6-10-16(14(4)8-3)18-13-9-12-15(5)17(18)11-7-2;1-10-6-5-8-12-11-7-3-4-9-13(11)15(2)14(10)12/h8-16H,1-2H2,3-7H3;6,8,10,12H,3,7,9,11,13H2,1-2,4-5H3;3-9H,1-2H3/b;10-6-,16-14+;. The second-order valence-corrected chi connectivity index (χ2v) is 17.6. The zero-order valence-electron chi connectivity index (χ0n) is 38.9. The van der Waals surface area contributed by atoms with E-state index in [1.54, 1.807) is 5.57 Å². The van der Waals surface area contributed by atoms with Crippen molar-refractivity contribution in [2.45, 2.75) is 100 Å². The molecule has 2 aliphatic rings. The Morgan fingerprint density at radius 2 is 1.44 bits per heavy atom. The van der Waals surface area contributed by atoms with Crippen molar-refractivity contribution in [2.75, 3.05) is 0 Å². The summed E-state index contributed by atoms with van der Waals surface area (Å²) in [5, 5.41) is 2.70. The number of fused-ring (bicyclic) bond motifs is 6. The zero-order valence-corrected chi connectivity index (χ0v) is 38.9. The molecule has 2 aliphatic carbocycles. The number of hydrogen-bond acceptors (Lipinski definition) is 0. The first-order valence-electron chi connectivity index (χ1n) is 22.2. The smallest absolute Gasteiger partial charge is 0.0518 e. The highest BCUT2D eigenvalue weighted by Crippen LogP contribution is 2.53. The van der Waals surface area contributed by atoms with Gasteiger partial charge in [0.2, 0.25) is 0 Å². The van der Waals surface area contributed by atoms with E-state index in [9.17, 15) is 0 Å². The third kappa shape index (κ3) is 8.67. The Bertz CT molecular complexity index is 2780. The van der Waals surface area contributed by atoms with E-state index in [0.29, 0.717) is 0 Å². The van der Waals surface area contributed by atoms with Crippen molar-refractivity contribution >= 4 is 34.0 Å². The number of nitrogens with zero attached hydrogens (tertiary/aromatic N) is 1. The van der Waals surface area contributed by atoms with E-state index in [1.807, 2.05) is 18.2 Å². The fourth-order valence-corrected chi connectivity index (χ4v) is 9.86. The lowest BCUT2D eigenvalue weighted by Gasteiger charge is -2.24. The topological polar surface area (TPSA) is 4.93 Å². The number of aryl methyl sites for hydroxylation is 5. The summed E-state index contributed by atoms with van der Waals surface area (Å²) in [6, 6.07) is 31.0. The monoisotopic (exact) mass is 802 g/mol. The number of hydrogen-bond donors (Lipinski definition) is 0. The zero-order chi connectivity index (χ0) is 44.2. The molecule has 6 aromatic rings. The van der Waals surface area contributed by atoms with Gasteiger partial charge in [0.05, 0.1) is 5.52 Å². The Kier molecular flexibility index (Phi) is 13.7. The minimum absolute atomic E-state index is 0.0399. The highest BCUT2D eigenvalue weighted by atomic mass is 14.9. The quantitative estimate of drug-likeness (QED) is 0.135. The van der Waals surface area contributed by atoms with Crippen molar-refractivity contribution in [1.82, 2.24) is 4.57 Å². The number of aromatic nitrogens is 1. The van der Waals surface area contributed by atoms with Crippen LogP contribution in [0.15, 0.2) is 157 Å². The first-order valence-corrected chi connectivity index (χ1v) is 22.2. The van der Waals surface area contributed by atoms with Crippen molar-refractivity contribution in [3.8, 4) is 22.3 Å². The molecule has 0 atom stereocenters. The molecule has 0 saturated heterocycles. The van der Waals surface area contributed by atoms with E-state index in [0.717, 1.165) is 6.42 Å². The summed E-state index contributed by atoms with van der Waals surface area (Å²) in [7, 11) is 2.14. The van der Waals surface area contributed by atoms with Gasteiger partial charge in [0.15, 0.2) is 0 Å². The SMILES string of the molecule is C=C/C(C)=C(\C=C/C)C1=C(CCC)C(C)=CCC1.C=Cc1c(-c2cc(C)cc(C)c2)cc2c(c1C=C)-c1ccc(C)cc1C2(C)C.Cc1cccc2c3ccccc3n(C)c12. The van der Waals surface area contributed by atoms with Crippen LogP contribution in [0.3, 0.4) is 0 Å². The molecule has 0 fully saturated rings. The minimum Gasteiger partial charge on any atom is -0.343 e. The average molecular weight is 802 g/mol. The molecule has 1 aromatic heterocycles. The van der Waals surface area contributed by atoms with Gasteiger partial charge >= 0.3 is 0 Å². The highest BCUT2D eigenvalue weighted by molar-refractivity contribution is 6.09. The molecule has 8 rings (SSSR count). The van der Waals surface area contributed by atoms with E-state index < -0.39 is 0 Å². The summed E-state index contributed by atoms with van der Waals surface area (Å²) >= 11 is 0. The van der Waals surface area contributed by atoms with Crippen LogP contribution in [0.1, 0.15) is 112 Å². The van der Waals surface area contributed by atoms with Gasteiger partial charge in [-0.05, 0) is 152 Å². The second kappa shape index (κ2) is 18.8. The van der Waals surface area contributed by atoms with Crippen molar-refractivity contribution < 1.29 is 0 Å². The summed E-state index contributed by atoms with van der Waals surface area (Å²) in [5.41, 5.74) is 25.3. The molecule has 0 saturated carbocycles. The molecule has 0 aliphatic heterocycles. The van der Waals surface area contributed by atoms with Crippen molar-refractivity contribution in [1.29, 1.82) is 0 Å². The fourth-order valence-electron chi connectivity index (χ4n) is 9.86. The molecule has 0 amide bonds. The first kappa shape index (κ1) is 44.6. The van der Waals surface area contributed by atoms with Crippen LogP contribution >= 0.6 is 0 Å². The third-order valence-corrected chi connectivity index (χ3v) is 12.8. The van der Waals surface area contributed by atoms with Gasteiger partial charge in [-0.15, -0.1) is 0 Å². The normalized spacial score (nSPS) is 14.4. The molecule has 1 nitrogen and oxygen atoms in total. The van der Waals surface area contributed by atoms with Crippen molar-refractivity contribution in [3.63, 3.8) is 0 Å². The number of para-hydroxylation sites is 2. The highest BCUT2D eigenvalue weighted by Gasteiger charge is 2.38. The molecule has 1 heterocycles. The van der Waals surface area contributed by atoms with Gasteiger partial charge in [-0.1, -0.05) is 178 Å². The lowest BCUT2D eigenvalue weighted by Crippen LogP contribution is -2.15. The molecule has 0 bridgehead atoms. The average Bonchev–Trinajstić information content (AvgIpc) is 3.66. The van der Waals surface area contributed by atoms with Gasteiger partial charge in [0.25, 0.3) is 0 Å². The van der Waals surface area contributed by atoms with Crippen LogP contribution in [-0.2, 0) is 12.5 Å². The molecule has 0 N–H and O–H groups in total. The van der Waals surface area contributed by atoms with E-state index in [2.05, 4.69) is 204 Å². The summed E-state index contributed by atoms with van der Waals surface area (Å²) < 4.78 is 2.28. The van der Waals surface area contributed by atoms with Crippen LogP contribution in [0.2, 0.25) is 0 Å². The van der Waals surface area contributed by atoms with Crippen molar-refractivity contribution in [3.05, 3.63) is 201 Å². The van der Waals surface area contributed by atoms with Crippen LogP contribution in [0.25, 0.3) is 56.2 Å². The van der Waals surface area contributed by atoms with Crippen molar-refractivity contribution in [2.24, 2.45) is 7.05 Å². The van der Waals surface area contributed by atoms with Gasteiger partial charge < -0.3 is 4.57 Å². The van der Waals surface area contributed by atoms with Crippen LogP contribution in [-0.4, -0.2) is 4.57 Å². The fraction of sp³-hybridized carbons (Fsp3) is 0.267. The molecule has 0 radical (unpaired) electrons. The number of rotatable bonds is 8. The summed E-state index contributed by atoms with van der Waals surface area (Å²) in [5.74, 6) is 0. The van der Waals surface area contributed by atoms with Gasteiger partial charge in [-0.2, -0.15) is 0 Å². The van der Waals surface area contributed by atoms with Crippen LogP contribution < -0.4 is 0 Å². The molecule has 312 valence electrons. The van der Waals surface area contributed by atoms with Crippen LogP contribution in [0.4, 0.5) is 0 Å². The first-order chi connectivity index (χ1) is 29.2. The molecule has 1 heteroatoms. The Morgan fingerprint density at radius 1 is 0.754 bits per heavy atom. The Hall–Kier alpha value is -5.92. The maximum atomic E-state index is 4.18. The largest absolute Gasteiger partial charge is 0.343 e. The van der Waals surface area contributed by atoms with Crippen LogP contribution in [0, 0.1) is 27.7 Å². The molecule has 0 spiro atoms. The maximum absolute atomic E-state index is 4.18. The summed E-state index contributed by atoms with van der Waals surface area (Å²) in [6.45, 7) is 34.3. The van der Waals surface area contributed by atoms with E-state index in [4.69, 9.17) is 0 Å². The Morgan fingerprint density at radius 3 is 2.10 bits per heavy atom. The Labute approximate surface area is 368 Å². The second-order valence-electron chi connectivity index (χ2n) is 17.6. The maximum Gasteiger partial charge on any atom is 0.0518 e. The van der Waals surface area contributed by atoms with Gasteiger partial charge in [0, 0.05) is 28.8 Å². The Balaban J connectivity index is 0.000000163. The number of allylic oxidation sites excluding steroid dienone is 9. The predicted molar refractivity (Wildman–Crippen MR) is 272 cm³/mol. The van der Waals surface area contributed by atoms with Gasteiger partial charge in [-0.3, -0.25) is 0 Å². The van der Waals surface area contributed by atoms with Gasteiger partial charge in [0.1, 0.15) is 0 Å². The minimum atomic E-state index is -0.0399. The molecule has 5 aromatic carbocycles. The summed E-state index contributed by atoms with van der Waals surface area (Å²) in [6.07, 6.45) is 17.4. The molecule has 0 unspecified atom stereocenters. The predicted octanol–water partition coefficient (Wildman–Crippen LogP) is 17.4. The lowest BCUT2D eigenvalue weighted by molar-refractivity contribution is 0.660. The molecule has 61 heavy (non-hydrogen) atoms. The molecular formula is C60H67N. The van der Waals surface area contributed by atoms with E-state index in [-0.39, 0.29) is 5.41 Å². The third-order valence-electron chi connectivity index (χ3n) is 12.8. The van der Waals surface area contributed by atoms with Crippen LogP contribution in [0.5, 0.6) is 0 Å². The molecular weight excluding hydrogens is 735 g/mol.